The number of carbonyl (C=O) groups is 3. The number of ether oxygens (including phenoxy) is 1. The lowest BCUT2D eigenvalue weighted by molar-refractivity contribution is -0.129. The number of primary amides is 1. The molecule has 0 saturated heterocycles. The summed E-state index contributed by atoms with van der Waals surface area (Å²) >= 11 is 0. The third-order valence-electron chi connectivity index (χ3n) is 2.99. The van der Waals surface area contributed by atoms with E-state index in [1.165, 1.54) is 0 Å². The molecule has 128 valence electrons. The second-order valence-corrected chi connectivity index (χ2v) is 4.81. The molecule has 0 spiro atoms. The average molecular weight is 333 g/mol. The molecule has 0 aliphatic heterocycles. The average Bonchev–Trinajstić information content (AvgIpc) is 2.58. The number of aliphatic hydroxyl groups is 1. The van der Waals surface area contributed by atoms with Gasteiger partial charge in [-0.05, 0) is 5.56 Å². The van der Waals surface area contributed by atoms with Gasteiger partial charge in [-0.2, -0.15) is 0 Å². The van der Waals surface area contributed by atoms with Gasteiger partial charge in [0.25, 0.3) is 0 Å². The monoisotopic (exact) mass is 333 g/mol. The van der Waals surface area contributed by atoms with Crippen molar-refractivity contribution in [2.24, 2.45) is 5.73 Å². The molecule has 1 aromatic rings. The number of benzene rings is 1. The molecular formula is C16H19N3O5. The number of hydrogen-bond donors (Lipinski definition) is 4. The molecule has 0 saturated carbocycles. The number of carbonyl (C=O) groups excluding carboxylic acids is 3. The van der Waals surface area contributed by atoms with Crippen LogP contribution in [0.1, 0.15) is 12.0 Å². The molecule has 1 rings (SSSR count). The summed E-state index contributed by atoms with van der Waals surface area (Å²) < 4.78 is 4.95. The van der Waals surface area contributed by atoms with E-state index in [0.717, 1.165) is 5.56 Å². The zero-order chi connectivity index (χ0) is 17.9. The van der Waals surface area contributed by atoms with Crippen molar-refractivity contribution >= 4 is 17.9 Å². The molecule has 0 bridgehead atoms. The van der Waals surface area contributed by atoms with E-state index >= 15 is 0 Å². The van der Waals surface area contributed by atoms with Gasteiger partial charge in [0.15, 0.2) is 0 Å². The first kappa shape index (κ1) is 19.0. The van der Waals surface area contributed by atoms with Crippen LogP contribution in [-0.4, -0.2) is 41.7 Å². The minimum atomic E-state index is -1.30. The van der Waals surface area contributed by atoms with Crippen LogP contribution < -0.4 is 16.4 Å². The van der Waals surface area contributed by atoms with E-state index in [-0.39, 0.29) is 13.0 Å². The Hall–Kier alpha value is -3.05. The highest BCUT2D eigenvalue weighted by atomic mass is 16.5. The molecule has 2 atom stereocenters. The van der Waals surface area contributed by atoms with Crippen LogP contribution >= 0.6 is 0 Å². The van der Waals surface area contributed by atoms with Crippen molar-refractivity contribution in [1.29, 1.82) is 0 Å². The van der Waals surface area contributed by atoms with Crippen LogP contribution in [-0.2, 0) is 20.9 Å². The van der Waals surface area contributed by atoms with Gasteiger partial charge in [0.2, 0.25) is 11.8 Å². The maximum absolute atomic E-state index is 12.0. The largest absolute Gasteiger partial charge is 0.445 e. The topological polar surface area (TPSA) is 131 Å². The minimum absolute atomic E-state index is 0.00739. The van der Waals surface area contributed by atoms with Crippen LogP contribution in [0.15, 0.2) is 30.3 Å². The summed E-state index contributed by atoms with van der Waals surface area (Å²) in [6.07, 6.45) is 4.09. The molecule has 0 fully saturated rings. The number of nitrogens with two attached hydrogens (primary N) is 1. The molecule has 3 amide bonds. The Kier molecular flexibility index (Phi) is 7.81. The van der Waals surface area contributed by atoms with E-state index in [2.05, 4.69) is 16.6 Å². The maximum atomic E-state index is 12.0. The standard InChI is InChI=1S/C16H19N3O5/c1-2-6-12(14(17)21)18-15(22)13(9-20)19-16(23)24-10-11-7-4-3-5-8-11/h1,3-5,7-8,12-13,20H,6,9-10H2,(H2,17,21)(H,18,22)(H,19,23)/t12-,13+/m1/s1. The third kappa shape index (κ3) is 6.37. The number of nitrogens with one attached hydrogen (secondary N) is 2. The molecule has 0 aliphatic carbocycles. The Balaban J connectivity index is 2.52. The highest BCUT2D eigenvalue weighted by molar-refractivity contribution is 5.90. The van der Waals surface area contributed by atoms with Gasteiger partial charge in [0, 0.05) is 6.42 Å². The first-order chi connectivity index (χ1) is 11.5. The van der Waals surface area contributed by atoms with Crippen LogP contribution in [0.2, 0.25) is 0 Å². The predicted octanol–water partition coefficient (Wildman–Crippen LogP) is -0.733. The molecule has 24 heavy (non-hydrogen) atoms. The van der Waals surface area contributed by atoms with Gasteiger partial charge >= 0.3 is 6.09 Å². The molecule has 0 aromatic heterocycles. The molecular weight excluding hydrogens is 314 g/mol. The van der Waals surface area contributed by atoms with Gasteiger partial charge in [0.05, 0.1) is 6.61 Å². The van der Waals surface area contributed by atoms with Crippen molar-refractivity contribution in [1.82, 2.24) is 10.6 Å². The summed E-state index contributed by atoms with van der Waals surface area (Å²) in [5, 5.41) is 13.7. The smallest absolute Gasteiger partial charge is 0.408 e. The Labute approximate surface area is 139 Å². The molecule has 0 radical (unpaired) electrons. The molecule has 0 unspecified atom stereocenters. The van der Waals surface area contributed by atoms with Gasteiger partial charge in [-0.25, -0.2) is 4.79 Å². The normalized spacial score (nSPS) is 12.3. The van der Waals surface area contributed by atoms with Crippen molar-refractivity contribution < 1.29 is 24.2 Å². The van der Waals surface area contributed by atoms with Gasteiger partial charge in [-0.3, -0.25) is 9.59 Å². The quantitative estimate of drug-likeness (QED) is 0.466. The molecule has 0 heterocycles. The Morgan fingerprint density at radius 2 is 1.88 bits per heavy atom. The minimum Gasteiger partial charge on any atom is -0.445 e. The van der Waals surface area contributed by atoms with E-state index in [1.807, 2.05) is 6.07 Å². The fourth-order valence-corrected chi connectivity index (χ4v) is 1.71. The Bertz CT molecular complexity index is 612. The number of alkyl carbamates (subject to hydrolysis) is 1. The summed E-state index contributed by atoms with van der Waals surface area (Å²) in [5.74, 6) is 0.587. The van der Waals surface area contributed by atoms with Crippen molar-refractivity contribution in [3.05, 3.63) is 35.9 Å². The van der Waals surface area contributed by atoms with Crippen LogP contribution in [0.25, 0.3) is 0 Å². The van der Waals surface area contributed by atoms with Crippen LogP contribution in [0, 0.1) is 12.3 Å². The van der Waals surface area contributed by atoms with Crippen LogP contribution in [0.5, 0.6) is 0 Å². The van der Waals surface area contributed by atoms with Gasteiger partial charge in [-0.1, -0.05) is 30.3 Å². The SMILES string of the molecule is C#CC[C@@H](NC(=O)[C@H](CO)NC(=O)OCc1ccccc1)C(N)=O. The third-order valence-corrected chi connectivity index (χ3v) is 2.99. The highest BCUT2D eigenvalue weighted by Gasteiger charge is 2.25. The van der Waals surface area contributed by atoms with E-state index in [1.54, 1.807) is 24.3 Å². The highest BCUT2D eigenvalue weighted by Crippen LogP contribution is 2.01. The molecule has 1 aromatic carbocycles. The van der Waals surface area contributed by atoms with E-state index in [4.69, 9.17) is 16.9 Å². The van der Waals surface area contributed by atoms with Crippen molar-refractivity contribution in [2.45, 2.75) is 25.1 Å². The van der Waals surface area contributed by atoms with E-state index in [0.29, 0.717) is 0 Å². The van der Waals surface area contributed by atoms with Crippen LogP contribution in [0.4, 0.5) is 4.79 Å². The number of amides is 3. The van der Waals surface area contributed by atoms with Crippen LogP contribution in [0.3, 0.4) is 0 Å². The second kappa shape index (κ2) is 9.86. The lowest BCUT2D eigenvalue weighted by Gasteiger charge is -2.19. The first-order valence-corrected chi connectivity index (χ1v) is 7.09. The lowest BCUT2D eigenvalue weighted by atomic mass is 10.2. The summed E-state index contributed by atoms with van der Waals surface area (Å²) in [4.78, 5) is 34.8. The Morgan fingerprint density at radius 1 is 1.21 bits per heavy atom. The van der Waals surface area contributed by atoms with E-state index < -0.39 is 36.6 Å². The van der Waals surface area contributed by atoms with Crippen molar-refractivity contribution in [3.8, 4) is 12.3 Å². The van der Waals surface area contributed by atoms with Crippen molar-refractivity contribution in [2.75, 3.05) is 6.61 Å². The maximum Gasteiger partial charge on any atom is 0.408 e. The molecule has 8 heteroatoms. The number of aliphatic hydroxyl groups excluding tert-OH is 1. The summed E-state index contributed by atoms with van der Waals surface area (Å²) in [7, 11) is 0. The van der Waals surface area contributed by atoms with Crippen molar-refractivity contribution in [3.63, 3.8) is 0 Å². The summed E-state index contributed by atoms with van der Waals surface area (Å²) in [6, 6.07) is 6.54. The number of rotatable bonds is 8. The van der Waals surface area contributed by atoms with Gasteiger partial charge < -0.3 is 26.2 Å². The Morgan fingerprint density at radius 3 is 2.42 bits per heavy atom. The number of hydrogen-bond acceptors (Lipinski definition) is 5. The molecule has 8 nitrogen and oxygen atoms in total. The predicted molar refractivity (Wildman–Crippen MR) is 85.2 cm³/mol. The zero-order valence-electron chi connectivity index (χ0n) is 12.9. The molecule has 5 N–H and O–H groups in total. The fraction of sp³-hybridized carbons (Fsp3) is 0.312. The molecule has 0 aliphatic rings. The first-order valence-electron chi connectivity index (χ1n) is 7.09. The fourth-order valence-electron chi connectivity index (χ4n) is 1.71. The van der Waals surface area contributed by atoms with Gasteiger partial charge in [0.1, 0.15) is 18.7 Å². The van der Waals surface area contributed by atoms with Gasteiger partial charge in [-0.15, -0.1) is 12.3 Å². The number of terminal acetylenes is 1. The summed E-state index contributed by atoms with van der Waals surface area (Å²) in [6.45, 7) is -0.679. The van der Waals surface area contributed by atoms with E-state index in [9.17, 15) is 19.5 Å². The summed E-state index contributed by atoms with van der Waals surface area (Å²) in [5.41, 5.74) is 5.87. The second-order valence-electron chi connectivity index (χ2n) is 4.81. The lowest BCUT2D eigenvalue weighted by Crippen LogP contribution is -2.54. The zero-order valence-corrected chi connectivity index (χ0v) is 12.9.